The molecule has 0 saturated carbocycles. The van der Waals surface area contributed by atoms with Gasteiger partial charge in [-0.3, -0.25) is 4.79 Å². The van der Waals surface area contributed by atoms with Crippen LogP contribution in [0.5, 0.6) is 0 Å². The van der Waals surface area contributed by atoms with Gasteiger partial charge in [0.15, 0.2) is 0 Å². The third-order valence-electron chi connectivity index (χ3n) is 2.18. The summed E-state index contributed by atoms with van der Waals surface area (Å²) in [6.07, 6.45) is 0. The number of aryl methyl sites for hydroxylation is 2. The zero-order valence-electron chi connectivity index (χ0n) is 9.45. The molecule has 0 aliphatic carbocycles. The molecular weight excluding hydrogens is 300 g/mol. The fourth-order valence-corrected chi connectivity index (χ4v) is 3.22. The number of carbonyl (C=O) groups excluding carboxylic acids is 1. The molecule has 88 valence electrons. The van der Waals surface area contributed by atoms with E-state index in [0.29, 0.717) is 11.4 Å². The van der Waals surface area contributed by atoms with E-state index in [2.05, 4.69) is 26.2 Å². The van der Waals surface area contributed by atoms with Crippen LogP contribution in [0.15, 0.2) is 28.1 Å². The van der Waals surface area contributed by atoms with Gasteiger partial charge in [-0.25, -0.2) is 4.98 Å². The molecule has 5 heteroatoms. The summed E-state index contributed by atoms with van der Waals surface area (Å²) >= 11 is 4.93. The minimum absolute atomic E-state index is 0.140. The van der Waals surface area contributed by atoms with Gasteiger partial charge in [0.05, 0.1) is 9.35 Å². The number of halogens is 1. The summed E-state index contributed by atoms with van der Waals surface area (Å²) in [4.78, 5) is 17.3. The van der Waals surface area contributed by atoms with Crippen LogP contribution < -0.4 is 5.32 Å². The fourth-order valence-electron chi connectivity index (χ4n) is 1.44. The molecule has 0 saturated heterocycles. The van der Waals surface area contributed by atoms with Gasteiger partial charge in [0.2, 0.25) is 0 Å². The van der Waals surface area contributed by atoms with Crippen molar-refractivity contribution in [2.24, 2.45) is 0 Å². The van der Waals surface area contributed by atoms with Crippen LogP contribution in [0.2, 0.25) is 0 Å². The standard InChI is InChI=1S/C12H11BrN2OS/c1-7-4-3-5-10(14-7)15-12(16)9-6-8(2)17-11(9)13/h3-6H,1-2H3,(H,14,15,16). The zero-order chi connectivity index (χ0) is 12.4. The van der Waals surface area contributed by atoms with Gasteiger partial charge in [0.1, 0.15) is 5.82 Å². The fraction of sp³-hybridized carbons (Fsp3) is 0.167. The Bertz CT molecular complexity index is 565. The molecule has 0 bridgehead atoms. The van der Waals surface area contributed by atoms with E-state index < -0.39 is 0 Å². The van der Waals surface area contributed by atoms with E-state index in [9.17, 15) is 4.79 Å². The van der Waals surface area contributed by atoms with Gasteiger partial charge in [-0.15, -0.1) is 11.3 Å². The van der Waals surface area contributed by atoms with Crippen molar-refractivity contribution < 1.29 is 4.79 Å². The number of aromatic nitrogens is 1. The summed E-state index contributed by atoms with van der Waals surface area (Å²) in [5.41, 5.74) is 1.53. The van der Waals surface area contributed by atoms with E-state index in [-0.39, 0.29) is 5.91 Å². The second-order valence-electron chi connectivity index (χ2n) is 3.66. The second-order valence-corrected chi connectivity index (χ2v) is 6.24. The molecular formula is C12H11BrN2OS. The van der Waals surface area contributed by atoms with Crippen LogP contribution in [0.4, 0.5) is 5.82 Å². The van der Waals surface area contributed by atoms with E-state index in [0.717, 1.165) is 14.4 Å². The molecule has 0 radical (unpaired) electrons. The number of pyridine rings is 1. The maximum atomic E-state index is 12.0. The Kier molecular flexibility index (Phi) is 3.59. The van der Waals surface area contributed by atoms with Gasteiger partial charge in [0, 0.05) is 10.6 Å². The second kappa shape index (κ2) is 4.98. The highest BCUT2D eigenvalue weighted by molar-refractivity contribution is 9.11. The summed E-state index contributed by atoms with van der Waals surface area (Å²) in [7, 11) is 0. The van der Waals surface area contributed by atoms with Gasteiger partial charge >= 0.3 is 0 Å². The highest BCUT2D eigenvalue weighted by Gasteiger charge is 2.13. The third kappa shape index (κ3) is 2.92. The van der Waals surface area contributed by atoms with Crippen LogP contribution in [-0.4, -0.2) is 10.9 Å². The van der Waals surface area contributed by atoms with E-state index >= 15 is 0 Å². The molecule has 0 fully saturated rings. The minimum atomic E-state index is -0.140. The molecule has 2 aromatic heterocycles. The number of amides is 1. The highest BCUT2D eigenvalue weighted by Crippen LogP contribution is 2.27. The first kappa shape index (κ1) is 12.3. The van der Waals surface area contributed by atoms with Crippen LogP contribution in [0.1, 0.15) is 20.9 Å². The Morgan fingerprint density at radius 3 is 2.76 bits per heavy atom. The van der Waals surface area contributed by atoms with Crippen molar-refractivity contribution in [2.75, 3.05) is 5.32 Å². The van der Waals surface area contributed by atoms with Gasteiger partial charge < -0.3 is 5.32 Å². The van der Waals surface area contributed by atoms with Crippen LogP contribution >= 0.6 is 27.3 Å². The summed E-state index contributed by atoms with van der Waals surface area (Å²) < 4.78 is 0.847. The lowest BCUT2D eigenvalue weighted by Gasteiger charge is -2.03. The lowest BCUT2D eigenvalue weighted by molar-refractivity contribution is 0.102. The Balaban J connectivity index is 2.20. The molecule has 0 aromatic carbocycles. The van der Waals surface area contributed by atoms with Crippen molar-refractivity contribution in [3.8, 4) is 0 Å². The summed E-state index contributed by atoms with van der Waals surface area (Å²) in [5.74, 6) is 0.435. The lowest BCUT2D eigenvalue weighted by atomic mass is 10.3. The predicted molar refractivity (Wildman–Crippen MR) is 73.7 cm³/mol. The topological polar surface area (TPSA) is 42.0 Å². The van der Waals surface area contributed by atoms with Crippen LogP contribution in [0, 0.1) is 13.8 Å². The quantitative estimate of drug-likeness (QED) is 0.917. The molecule has 1 N–H and O–H groups in total. The lowest BCUT2D eigenvalue weighted by Crippen LogP contribution is -2.12. The highest BCUT2D eigenvalue weighted by atomic mass is 79.9. The van der Waals surface area contributed by atoms with Crippen molar-refractivity contribution >= 4 is 39.0 Å². The molecule has 0 aliphatic rings. The minimum Gasteiger partial charge on any atom is -0.306 e. The first-order valence-corrected chi connectivity index (χ1v) is 6.68. The van der Waals surface area contributed by atoms with E-state index in [1.54, 1.807) is 17.4 Å². The summed E-state index contributed by atoms with van der Waals surface area (Å²) in [5, 5.41) is 2.78. The van der Waals surface area contributed by atoms with Crippen LogP contribution in [0.3, 0.4) is 0 Å². The number of carbonyl (C=O) groups is 1. The average molecular weight is 311 g/mol. The Hall–Kier alpha value is -1.20. The van der Waals surface area contributed by atoms with Crippen molar-refractivity contribution in [2.45, 2.75) is 13.8 Å². The molecule has 2 aromatic rings. The van der Waals surface area contributed by atoms with E-state index in [4.69, 9.17) is 0 Å². The number of rotatable bonds is 2. The summed E-state index contributed by atoms with van der Waals surface area (Å²) in [6.45, 7) is 3.86. The first-order chi connectivity index (χ1) is 8.06. The molecule has 2 rings (SSSR count). The largest absolute Gasteiger partial charge is 0.306 e. The third-order valence-corrected chi connectivity index (χ3v) is 3.94. The number of nitrogens with one attached hydrogen (secondary N) is 1. The van der Waals surface area contributed by atoms with Gasteiger partial charge in [0.25, 0.3) is 5.91 Å². The van der Waals surface area contributed by atoms with Crippen LogP contribution in [0.25, 0.3) is 0 Å². The molecule has 0 aliphatic heterocycles. The molecule has 0 atom stereocenters. The average Bonchev–Trinajstić information content (AvgIpc) is 2.58. The maximum Gasteiger partial charge on any atom is 0.258 e. The number of nitrogens with zero attached hydrogens (tertiary/aromatic N) is 1. The van der Waals surface area contributed by atoms with Crippen molar-refractivity contribution in [1.82, 2.24) is 4.98 Å². The SMILES string of the molecule is Cc1cccc(NC(=O)c2cc(C)sc2Br)n1. The Morgan fingerprint density at radius 1 is 1.41 bits per heavy atom. The van der Waals surface area contributed by atoms with E-state index in [1.807, 2.05) is 32.0 Å². The smallest absolute Gasteiger partial charge is 0.258 e. The molecule has 0 unspecified atom stereocenters. The zero-order valence-corrected chi connectivity index (χ0v) is 11.9. The van der Waals surface area contributed by atoms with Crippen LogP contribution in [-0.2, 0) is 0 Å². The predicted octanol–water partition coefficient (Wildman–Crippen LogP) is 3.77. The molecule has 0 spiro atoms. The monoisotopic (exact) mass is 310 g/mol. The van der Waals surface area contributed by atoms with E-state index in [1.165, 1.54) is 0 Å². The normalized spacial score (nSPS) is 10.3. The number of hydrogen-bond donors (Lipinski definition) is 1. The molecule has 1 amide bonds. The number of anilines is 1. The number of hydrogen-bond acceptors (Lipinski definition) is 3. The Labute approximate surface area is 112 Å². The van der Waals surface area contributed by atoms with Gasteiger partial charge in [-0.1, -0.05) is 6.07 Å². The van der Waals surface area contributed by atoms with Gasteiger partial charge in [-0.2, -0.15) is 0 Å². The van der Waals surface area contributed by atoms with Crippen molar-refractivity contribution in [1.29, 1.82) is 0 Å². The Morgan fingerprint density at radius 2 is 2.18 bits per heavy atom. The first-order valence-electron chi connectivity index (χ1n) is 5.07. The molecule has 2 heterocycles. The van der Waals surface area contributed by atoms with Crippen molar-refractivity contribution in [3.05, 3.63) is 44.2 Å². The number of thiophene rings is 1. The molecule has 3 nitrogen and oxygen atoms in total. The van der Waals surface area contributed by atoms with Gasteiger partial charge in [-0.05, 0) is 48.0 Å². The summed E-state index contributed by atoms with van der Waals surface area (Å²) in [6, 6.07) is 7.39. The van der Waals surface area contributed by atoms with Crippen molar-refractivity contribution in [3.63, 3.8) is 0 Å². The molecule has 17 heavy (non-hydrogen) atoms. The maximum absolute atomic E-state index is 12.0.